The van der Waals surface area contributed by atoms with Crippen molar-refractivity contribution >= 4 is 132 Å². The van der Waals surface area contributed by atoms with E-state index in [1.54, 1.807) is 59.5 Å². The van der Waals surface area contributed by atoms with Gasteiger partial charge in [-0.15, -0.1) is 45.3 Å². The lowest BCUT2D eigenvalue weighted by Gasteiger charge is -2.07. The van der Waals surface area contributed by atoms with Gasteiger partial charge in [-0.3, -0.25) is 9.59 Å². The van der Waals surface area contributed by atoms with E-state index in [-0.39, 0.29) is 36.7 Å². The fourth-order valence-corrected chi connectivity index (χ4v) is 11.6. The zero-order chi connectivity index (χ0) is 41.0. The van der Waals surface area contributed by atoms with Crippen LogP contribution in [0.5, 0.6) is 0 Å². The Hall–Kier alpha value is -4.46. The summed E-state index contributed by atoms with van der Waals surface area (Å²) >= 11 is 17.2. The molecule has 0 bridgehead atoms. The van der Waals surface area contributed by atoms with Crippen LogP contribution in [0.3, 0.4) is 0 Å². The number of halogens is 3. The third-order valence-corrected chi connectivity index (χ3v) is 15.4. The van der Waals surface area contributed by atoms with E-state index < -0.39 is 27.7 Å². The maximum atomic E-state index is 13.0. The van der Waals surface area contributed by atoms with E-state index in [4.69, 9.17) is 11.6 Å². The van der Waals surface area contributed by atoms with E-state index >= 15 is 0 Å². The lowest BCUT2D eigenvalue weighted by molar-refractivity contribution is 0.0688. The quantitative estimate of drug-likeness (QED) is 0.105. The number of thiophene rings is 4. The van der Waals surface area contributed by atoms with Crippen molar-refractivity contribution in [1.82, 2.24) is 0 Å². The Morgan fingerprint density at radius 1 is 0.667 bits per heavy atom. The van der Waals surface area contributed by atoms with Crippen LogP contribution >= 0.6 is 88.8 Å². The molecule has 0 spiro atoms. The topological polar surface area (TPSA) is 167 Å². The molecule has 4 N–H and O–H groups in total. The van der Waals surface area contributed by atoms with Gasteiger partial charge in [0.1, 0.15) is 21.1 Å². The van der Waals surface area contributed by atoms with E-state index in [1.165, 1.54) is 52.3 Å². The Kier molecular flexibility index (Phi) is 13.3. The lowest BCUT2D eigenvalue weighted by atomic mass is 10.0. The fourth-order valence-electron chi connectivity index (χ4n) is 5.41. The van der Waals surface area contributed by atoms with Crippen molar-refractivity contribution < 1.29 is 37.8 Å². The van der Waals surface area contributed by atoms with Crippen molar-refractivity contribution in [3.8, 4) is 22.3 Å². The molecule has 0 aliphatic carbocycles. The zero-order valence-electron chi connectivity index (χ0n) is 28.9. The molecule has 0 fully saturated rings. The number of nitrogens with one attached hydrogen (secondary N) is 2. The van der Waals surface area contributed by atoms with Crippen LogP contribution in [0.15, 0.2) is 125 Å². The predicted molar refractivity (Wildman–Crippen MR) is 235 cm³/mol. The number of benzene rings is 3. The van der Waals surface area contributed by atoms with Gasteiger partial charge in [-0.2, -0.15) is 0 Å². The summed E-state index contributed by atoms with van der Waals surface area (Å²) in [6.45, 7) is 1.55. The maximum Gasteiger partial charge on any atom is 0.339 e. The Morgan fingerprint density at radius 2 is 1.26 bits per heavy atom. The molecule has 0 atom stereocenters. The molecular formula is C39H25Br2ClN2O8S5. The van der Waals surface area contributed by atoms with Gasteiger partial charge in [0, 0.05) is 41.2 Å². The number of aromatic carboxylic acids is 2. The molecule has 0 unspecified atom stereocenters. The number of anilines is 2. The average Bonchev–Trinajstić information content (AvgIpc) is 4.00. The molecule has 4 heterocycles. The largest absolute Gasteiger partial charge is 0.478 e. The first-order valence-electron chi connectivity index (χ1n) is 16.1. The van der Waals surface area contributed by atoms with Gasteiger partial charge in [-0.25, -0.2) is 18.0 Å². The maximum absolute atomic E-state index is 13.0. The van der Waals surface area contributed by atoms with E-state index in [0.717, 1.165) is 37.2 Å². The molecular weight excluding hydrogens is 980 g/mol. The number of sulfone groups is 1. The van der Waals surface area contributed by atoms with Crippen molar-refractivity contribution in [1.29, 1.82) is 0 Å². The van der Waals surface area contributed by atoms with Crippen LogP contribution in [0.1, 0.15) is 45.6 Å². The average molecular weight is 1010 g/mol. The Bertz CT molecular complexity index is 2740. The van der Waals surface area contributed by atoms with Crippen molar-refractivity contribution in [3.05, 3.63) is 147 Å². The third kappa shape index (κ3) is 9.31. The number of amides is 2. The van der Waals surface area contributed by atoms with Crippen LogP contribution in [0, 0.1) is 6.92 Å². The Labute approximate surface area is 363 Å². The second kappa shape index (κ2) is 18.0. The summed E-state index contributed by atoms with van der Waals surface area (Å²) in [4.78, 5) is 49.7. The van der Waals surface area contributed by atoms with Gasteiger partial charge < -0.3 is 20.8 Å². The standard InChI is InChI=1S/C23H15BrClNO5S3.C16H10BrNO3S2/c1-12-18(34(30,31)16-8-6-15(25)7-9-16)11-32-20(12)21(27)26-22-19(23(28)29)17(10-33-22)13-2-4-14(24)5-3-13;17-11-5-2-1-4-9(11)10-8-23-15(13(10)16(20)21)18-14(19)12-6-3-7-22-12/h2-11H,1H3,(H,26,27)(H,28,29);1-8H,(H,18,19)(H,20,21). The fraction of sp³-hybridized carbons (Fsp3) is 0.0256. The number of hydrogen-bond acceptors (Lipinski definition) is 10. The first kappa shape index (κ1) is 42.2. The highest BCUT2D eigenvalue weighted by Crippen LogP contribution is 2.40. The molecule has 7 rings (SSSR count). The number of rotatable bonds is 10. The minimum Gasteiger partial charge on any atom is -0.478 e. The van der Waals surface area contributed by atoms with E-state index in [0.29, 0.717) is 37.2 Å². The second-order valence-electron chi connectivity index (χ2n) is 11.7. The summed E-state index contributed by atoms with van der Waals surface area (Å²) in [5.41, 5.74) is 2.90. The van der Waals surface area contributed by atoms with E-state index in [9.17, 15) is 37.8 Å². The van der Waals surface area contributed by atoms with Gasteiger partial charge in [0.25, 0.3) is 11.8 Å². The second-order valence-corrected chi connectivity index (χ2v) is 19.4. The van der Waals surface area contributed by atoms with Gasteiger partial charge in [0.15, 0.2) is 0 Å². The smallest absolute Gasteiger partial charge is 0.339 e. The third-order valence-electron chi connectivity index (χ3n) is 8.14. The summed E-state index contributed by atoms with van der Waals surface area (Å²) in [6, 6.07) is 23.8. The highest BCUT2D eigenvalue weighted by atomic mass is 79.9. The number of carbonyl (C=O) groups is 4. The Morgan fingerprint density at radius 3 is 1.86 bits per heavy atom. The summed E-state index contributed by atoms with van der Waals surface area (Å²) in [6.07, 6.45) is 0. The van der Waals surface area contributed by atoms with Crippen LogP contribution in [0.25, 0.3) is 22.3 Å². The number of carboxylic acid groups (broad SMARTS) is 2. The molecule has 4 aromatic heterocycles. The monoisotopic (exact) mass is 1000 g/mol. The van der Waals surface area contributed by atoms with Gasteiger partial charge >= 0.3 is 11.9 Å². The molecule has 290 valence electrons. The molecule has 10 nitrogen and oxygen atoms in total. The molecule has 7 aromatic rings. The molecule has 18 heteroatoms. The Balaban J connectivity index is 0.000000208. The molecule has 0 radical (unpaired) electrons. The van der Waals surface area contributed by atoms with Gasteiger partial charge in [-0.1, -0.05) is 79.9 Å². The van der Waals surface area contributed by atoms with Crippen LogP contribution in [-0.2, 0) is 9.84 Å². The molecule has 0 saturated carbocycles. The van der Waals surface area contributed by atoms with Crippen LogP contribution < -0.4 is 10.6 Å². The highest BCUT2D eigenvalue weighted by Gasteiger charge is 2.28. The van der Waals surface area contributed by atoms with E-state index in [1.807, 2.05) is 24.3 Å². The van der Waals surface area contributed by atoms with Crippen LogP contribution in [0.4, 0.5) is 10.0 Å². The van der Waals surface area contributed by atoms with E-state index in [2.05, 4.69) is 42.5 Å². The van der Waals surface area contributed by atoms with Crippen molar-refractivity contribution in [3.63, 3.8) is 0 Å². The SMILES string of the molecule is Cc1c(S(=O)(=O)c2ccc(Cl)cc2)csc1C(=O)Nc1scc(-c2ccc(Br)cc2)c1C(=O)O.O=C(Nc1scc(-c2ccccc2Br)c1C(=O)O)c1cccs1. The first-order chi connectivity index (χ1) is 27.2. The summed E-state index contributed by atoms with van der Waals surface area (Å²) < 4.78 is 27.7. The molecule has 0 aliphatic rings. The molecule has 2 amide bonds. The van der Waals surface area contributed by atoms with Crippen molar-refractivity contribution in [2.24, 2.45) is 0 Å². The first-order valence-corrected chi connectivity index (χ1v) is 23.1. The predicted octanol–water partition coefficient (Wildman–Crippen LogP) is 12.2. The van der Waals surface area contributed by atoms with Crippen molar-refractivity contribution in [2.45, 2.75) is 16.7 Å². The molecule has 3 aromatic carbocycles. The highest BCUT2D eigenvalue weighted by molar-refractivity contribution is 9.10. The van der Waals surface area contributed by atoms with Gasteiger partial charge in [0.2, 0.25) is 9.84 Å². The summed E-state index contributed by atoms with van der Waals surface area (Å²) in [7, 11) is -3.85. The minimum absolute atomic E-state index is 0.0187. The van der Waals surface area contributed by atoms with Gasteiger partial charge in [0.05, 0.1) is 19.5 Å². The summed E-state index contributed by atoms with van der Waals surface area (Å²) in [5.74, 6) is -3.13. The number of hydrogen-bond donors (Lipinski definition) is 4. The lowest BCUT2D eigenvalue weighted by Crippen LogP contribution is -2.14. The number of carbonyl (C=O) groups excluding carboxylic acids is 2. The number of carboxylic acids is 2. The van der Waals surface area contributed by atoms with Crippen LogP contribution in [-0.4, -0.2) is 42.4 Å². The van der Waals surface area contributed by atoms with Crippen molar-refractivity contribution in [2.75, 3.05) is 10.6 Å². The van der Waals surface area contributed by atoms with Gasteiger partial charge in [-0.05, 0) is 77.5 Å². The molecule has 0 aliphatic heterocycles. The minimum atomic E-state index is -3.85. The normalized spacial score (nSPS) is 11.0. The zero-order valence-corrected chi connectivity index (χ0v) is 36.9. The van der Waals surface area contributed by atoms with Crippen LogP contribution in [0.2, 0.25) is 5.02 Å². The molecule has 57 heavy (non-hydrogen) atoms. The molecule has 0 saturated heterocycles. The summed E-state index contributed by atoms with van der Waals surface area (Å²) in [5, 5.41) is 32.3.